The average molecular weight is 549 g/mol. The maximum atomic E-state index is 12.2. The minimum Gasteiger partial charge on any atom is -0.394 e. The molecule has 0 aromatic heterocycles. The van der Waals surface area contributed by atoms with Crippen LogP contribution in [-0.2, 0) is 43.5 Å². The van der Waals surface area contributed by atoms with Crippen LogP contribution < -0.4 is 0 Å². The van der Waals surface area contributed by atoms with Gasteiger partial charge in [0, 0.05) is 13.1 Å². The first kappa shape index (κ1) is 31.0. The van der Waals surface area contributed by atoms with Crippen molar-refractivity contribution in [1.82, 2.24) is 9.80 Å². The van der Waals surface area contributed by atoms with E-state index in [0.717, 1.165) is 16.7 Å². The third-order valence-corrected chi connectivity index (χ3v) is 6.62. The molecule has 2 aliphatic heterocycles. The fraction of sp³-hybridized carbons (Fsp3) is 0.375. The molecule has 2 heterocycles. The van der Waals surface area contributed by atoms with Gasteiger partial charge in [0.05, 0.1) is 45.1 Å². The van der Waals surface area contributed by atoms with E-state index in [1.807, 2.05) is 95.9 Å². The van der Waals surface area contributed by atoms with Gasteiger partial charge in [0.2, 0.25) is 11.8 Å². The fourth-order valence-corrected chi connectivity index (χ4v) is 4.49. The molecular formula is C32H40N2O6. The lowest BCUT2D eigenvalue weighted by molar-refractivity contribution is -0.152. The largest absolute Gasteiger partial charge is 0.394 e. The minimum atomic E-state index is -0.221. The van der Waals surface area contributed by atoms with Gasteiger partial charge in [-0.3, -0.25) is 9.59 Å². The van der Waals surface area contributed by atoms with Gasteiger partial charge in [-0.1, -0.05) is 98.4 Å². The van der Waals surface area contributed by atoms with E-state index in [2.05, 4.69) is 0 Å². The molecule has 2 atom stereocenters. The van der Waals surface area contributed by atoms with Gasteiger partial charge in [0.15, 0.2) is 0 Å². The summed E-state index contributed by atoms with van der Waals surface area (Å²) in [6.45, 7) is 3.31. The Bertz CT molecular complexity index is 1150. The first-order valence-electron chi connectivity index (χ1n) is 13.2. The van der Waals surface area contributed by atoms with Crippen molar-refractivity contribution in [1.29, 1.82) is 0 Å². The standard InChI is InChI=1S/C19H21NO3.C12H15NO3.CH4/c21-19-15-23-14-18(13-22-12-17-9-5-2-6-10-17)20(19)11-16-7-3-1-4-8-16;14-7-11-8-16-9-12(15)13(11)6-10-4-2-1-3-5-10;/h1-10,18H,11-15H2;1-5,11,14H,6-9H2;1H4/t18-;11-;/m11./s1. The van der Waals surface area contributed by atoms with Gasteiger partial charge in [0.1, 0.15) is 13.2 Å². The summed E-state index contributed by atoms with van der Waals surface area (Å²) < 4.78 is 16.3. The first-order valence-corrected chi connectivity index (χ1v) is 13.2. The van der Waals surface area contributed by atoms with Gasteiger partial charge < -0.3 is 29.1 Å². The van der Waals surface area contributed by atoms with Crippen LogP contribution in [0.1, 0.15) is 24.1 Å². The molecule has 214 valence electrons. The van der Waals surface area contributed by atoms with Crippen LogP contribution in [0.2, 0.25) is 0 Å². The average Bonchev–Trinajstić information content (AvgIpc) is 2.98. The molecule has 0 unspecified atom stereocenters. The number of carbonyl (C=O) groups excluding carboxylic acids is 2. The van der Waals surface area contributed by atoms with Crippen LogP contribution in [-0.4, -0.2) is 78.4 Å². The summed E-state index contributed by atoms with van der Waals surface area (Å²) in [5.74, 6) is -0.0393. The zero-order chi connectivity index (χ0) is 27.3. The topological polar surface area (TPSA) is 88.5 Å². The third kappa shape index (κ3) is 9.27. The lowest BCUT2D eigenvalue weighted by Crippen LogP contribution is -2.50. The van der Waals surface area contributed by atoms with Crippen LogP contribution in [0.3, 0.4) is 0 Å². The van der Waals surface area contributed by atoms with Gasteiger partial charge >= 0.3 is 0 Å². The molecule has 2 amide bonds. The molecule has 2 aliphatic rings. The zero-order valence-corrected chi connectivity index (χ0v) is 22.1. The number of nitrogens with zero attached hydrogens (tertiary/aromatic N) is 2. The second-order valence-electron chi connectivity index (χ2n) is 9.54. The fourth-order valence-electron chi connectivity index (χ4n) is 4.49. The molecule has 8 heteroatoms. The van der Waals surface area contributed by atoms with Gasteiger partial charge in [-0.25, -0.2) is 0 Å². The Morgan fingerprint density at radius 3 is 1.57 bits per heavy atom. The summed E-state index contributed by atoms with van der Waals surface area (Å²) >= 11 is 0. The molecule has 40 heavy (non-hydrogen) atoms. The summed E-state index contributed by atoms with van der Waals surface area (Å²) in [5, 5.41) is 9.18. The van der Waals surface area contributed by atoms with Crippen LogP contribution in [0.25, 0.3) is 0 Å². The second-order valence-corrected chi connectivity index (χ2v) is 9.54. The number of carbonyl (C=O) groups is 2. The molecule has 3 aromatic carbocycles. The third-order valence-electron chi connectivity index (χ3n) is 6.62. The van der Waals surface area contributed by atoms with E-state index in [1.54, 1.807) is 4.90 Å². The summed E-state index contributed by atoms with van der Waals surface area (Å²) in [7, 11) is 0. The van der Waals surface area contributed by atoms with Gasteiger partial charge in [-0.05, 0) is 16.7 Å². The Kier molecular flexibility index (Phi) is 12.8. The SMILES string of the molecule is C.O=C1COC[C@@H](CO)N1Cc1ccccc1.O=C1COC[C@@H](COCc2ccccc2)N1Cc1ccccc1. The number of morpholine rings is 2. The first-order chi connectivity index (χ1) is 19.1. The highest BCUT2D eigenvalue weighted by Crippen LogP contribution is 2.15. The molecule has 3 aromatic rings. The number of hydrogen-bond acceptors (Lipinski definition) is 6. The summed E-state index contributed by atoms with van der Waals surface area (Å²) in [5.41, 5.74) is 3.32. The monoisotopic (exact) mass is 548 g/mol. The van der Waals surface area contributed by atoms with Crippen molar-refractivity contribution in [3.05, 3.63) is 108 Å². The normalized spacial score (nSPS) is 18.9. The summed E-state index contributed by atoms with van der Waals surface area (Å²) in [6.07, 6.45) is 0. The van der Waals surface area contributed by atoms with Crippen LogP contribution in [0.5, 0.6) is 0 Å². The van der Waals surface area contributed by atoms with E-state index >= 15 is 0 Å². The number of rotatable bonds is 9. The number of amides is 2. The van der Waals surface area contributed by atoms with Crippen molar-refractivity contribution in [3.63, 3.8) is 0 Å². The maximum absolute atomic E-state index is 12.2. The smallest absolute Gasteiger partial charge is 0.249 e. The molecule has 2 saturated heterocycles. The van der Waals surface area contributed by atoms with Gasteiger partial charge in [-0.2, -0.15) is 0 Å². The Labute approximate surface area is 237 Å². The van der Waals surface area contributed by atoms with E-state index < -0.39 is 0 Å². The number of aliphatic hydroxyl groups is 1. The van der Waals surface area contributed by atoms with Crippen molar-refractivity contribution in [2.75, 3.05) is 39.6 Å². The Hall–Kier alpha value is -3.56. The van der Waals surface area contributed by atoms with E-state index in [9.17, 15) is 14.7 Å². The molecule has 5 rings (SSSR count). The molecule has 1 N–H and O–H groups in total. The lowest BCUT2D eigenvalue weighted by Gasteiger charge is -2.35. The quantitative estimate of drug-likeness (QED) is 0.439. The van der Waals surface area contributed by atoms with Crippen LogP contribution in [0, 0.1) is 0 Å². The van der Waals surface area contributed by atoms with Crippen LogP contribution in [0.15, 0.2) is 91.0 Å². The number of benzene rings is 3. The molecule has 0 bridgehead atoms. The van der Waals surface area contributed by atoms with E-state index in [0.29, 0.717) is 39.5 Å². The molecule has 0 aliphatic carbocycles. The molecule has 0 saturated carbocycles. The van der Waals surface area contributed by atoms with E-state index in [4.69, 9.17) is 14.2 Å². The van der Waals surface area contributed by atoms with Crippen molar-refractivity contribution in [2.24, 2.45) is 0 Å². The predicted molar refractivity (Wildman–Crippen MR) is 153 cm³/mol. The van der Waals surface area contributed by atoms with Crippen LogP contribution in [0.4, 0.5) is 0 Å². The Balaban J connectivity index is 0.000000229. The molecular weight excluding hydrogens is 508 g/mol. The molecule has 0 spiro atoms. The summed E-state index contributed by atoms with van der Waals surface area (Å²) in [6, 6.07) is 29.5. The number of hydrogen-bond donors (Lipinski definition) is 1. The number of aliphatic hydroxyl groups excluding tert-OH is 1. The van der Waals surface area contributed by atoms with Gasteiger partial charge in [-0.15, -0.1) is 0 Å². The van der Waals surface area contributed by atoms with Crippen LogP contribution >= 0.6 is 0 Å². The number of ether oxygens (including phenoxy) is 3. The highest BCUT2D eigenvalue weighted by atomic mass is 16.5. The second kappa shape index (κ2) is 16.5. The van der Waals surface area contributed by atoms with E-state index in [1.165, 1.54) is 0 Å². The van der Waals surface area contributed by atoms with Crippen molar-refractivity contribution in [3.8, 4) is 0 Å². The highest BCUT2D eigenvalue weighted by molar-refractivity contribution is 5.79. The molecule has 2 fully saturated rings. The highest BCUT2D eigenvalue weighted by Gasteiger charge is 2.29. The van der Waals surface area contributed by atoms with Gasteiger partial charge in [0.25, 0.3) is 0 Å². The predicted octanol–water partition coefficient (Wildman–Crippen LogP) is 3.67. The maximum Gasteiger partial charge on any atom is 0.249 e. The minimum absolute atomic E-state index is 0. The summed E-state index contributed by atoms with van der Waals surface area (Å²) in [4.78, 5) is 27.4. The van der Waals surface area contributed by atoms with Crippen molar-refractivity contribution >= 4 is 11.8 Å². The van der Waals surface area contributed by atoms with E-state index in [-0.39, 0.29) is 51.1 Å². The zero-order valence-electron chi connectivity index (χ0n) is 22.1. The Morgan fingerprint density at radius 2 is 1.10 bits per heavy atom. The lowest BCUT2D eigenvalue weighted by atomic mass is 10.1. The Morgan fingerprint density at radius 1 is 0.675 bits per heavy atom. The molecule has 8 nitrogen and oxygen atoms in total. The van der Waals surface area contributed by atoms with Crippen molar-refractivity contribution in [2.45, 2.75) is 39.2 Å². The molecule has 0 radical (unpaired) electrons. The van der Waals surface area contributed by atoms with Crippen molar-refractivity contribution < 1.29 is 28.9 Å².